The fourth-order valence-corrected chi connectivity index (χ4v) is 0.779. The second-order valence-corrected chi connectivity index (χ2v) is 2.19. The number of nitrogens with zero attached hydrogens (tertiary/aromatic N) is 1. The van der Waals surface area contributed by atoms with Gasteiger partial charge in [-0.25, -0.2) is 4.99 Å². The van der Waals surface area contributed by atoms with Crippen LogP contribution in [-0.2, 0) is 0 Å². The average Bonchev–Trinajstić information content (AvgIpc) is 1.88. The van der Waals surface area contributed by atoms with Gasteiger partial charge < -0.3 is 10.4 Å². The van der Waals surface area contributed by atoms with Crippen LogP contribution in [0.25, 0.3) is 0 Å². The van der Waals surface area contributed by atoms with Gasteiger partial charge in [0, 0.05) is 5.57 Å². The van der Waals surface area contributed by atoms with E-state index in [-0.39, 0.29) is 5.88 Å². The summed E-state index contributed by atoms with van der Waals surface area (Å²) in [5, 5.41) is 12.1. The first-order chi connectivity index (χ1) is 4.74. The molecule has 2 N–H and O–H groups in total. The molecule has 0 aliphatic carbocycles. The number of amidine groups is 1. The number of hydrogen-bond donors (Lipinski definition) is 2. The molecule has 1 rings (SSSR count). The van der Waals surface area contributed by atoms with Gasteiger partial charge in [0.15, 0.2) is 0 Å². The van der Waals surface area contributed by atoms with E-state index < -0.39 is 0 Å². The van der Waals surface area contributed by atoms with E-state index in [2.05, 4.69) is 10.3 Å². The molecule has 0 spiro atoms. The normalized spacial score (nSPS) is 18.4. The van der Waals surface area contributed by atoms with Gasteiger partial charge in [0.05, 0.1) is 6.54 Å². The lowest BCUT2D eigenvalue weighted by Gasteiger charge is -2.13. The van der Waals surface area contributed by atoms with Crippen LogP contribution in [0.1, 0.15) is 20.3 Å². The van der Waals surface area contributed by atoms with Crippen molar-refractivity contribution in [3.05, 3.63) is 18.0 Å². The standard InChI is InChI=1S/C7H11N2O/c1-3-6-4-8-5(2)9-7(6)10/h4,10H,3H2,1-2H3,(H,8,9). The number of aliphatic hydroxyl groups excluding tert-OH is 1. The van der Waals surface area contributed by atoms with Gasteiger partial charge in [0.25, 0.3) is 0 Å². The van der Waals surface area contributed by atoms with Crippen LogP contribution in [0.5, 0.6) is 0 Å². The Morgan fingerprint density at radius 3 is 2.90 bits per heavy atom. The number of aliphatic hydroxyl groups is 1. The van der Waals surface area contributed by atoms with Crippen LogP contribution in [0.3, 0.4) is 0 Å². The van der Waals surface area contributed by atoms with Crippen LogP contribution in [0.15, 0.2) is 16.4 Å². The summed E-state index contributed by atoms with van der Waals surface area (Å²) in [6.45, 7) is 5.55. The highest BCUT2D eigenvalue weighted by Gasteiger charge is 2.08. The second-order valence-electron chi connectivity index (χ2n) is 2.19. The molecule has 55 valence electrons. The molecule has 1 aliphatic rings. The van der Waals surface area contributed by atoms with Gasteiger partial charge in [-0.1, -0.05) is 6.92 Å². The highest BCUT2D eigenvalue weighted by molar-refractivity contribution is 5.82. The van der Waals surface area contributed by atoms with Crippen molar-refractivity contribution < 1.29 is 5.11 Å². The highest BCUT2D eigenvalue weighted by atomic mass is 16.3. The molecule has 1 aliphatic heterocycles. The zero-order valence-corrected chi connectivity index (χ0v) is 6.18. The monoisotopic (exact) mass is 139 g/mol. The molecule has 0 bridgehead atoms. The Hall–Kier alpha value is -0.990. The topological polar surface area (TPSA) is 44.6 Å². The fraction of sp³-hybridized carbons (Fsp3) is 0.429. The molecular weight excluding hydrogens is 128 g/mol. The Kier molecular flexibility index (Phi) is 1.94. The molecule has 0 saturated carbocycles. The molecule has 0 unspecified atom stereocenters. The van der Waals surface area contributed by atoms with Crippen LogP contribution in [0.2, 0.25) is 0 Å². The maximum Gasteiger partial charge on any atom is 0.213 e. The van der Waals surface area contributed by atoms with Gasteiger partial charge >= 0.3 is 0 Å². The molecule has 0 fully saturated rings. The summed E-state index contributed by atoms with van der Waals surface area (Å²) in [5.74, 6) is 0.869. The number of hydrogen-bond acceptors (Lipinski definition) is 3. The molecule has 3 nitrogen and oxygen atoms in total. The minimum Gasteiger partial charge on any atom is -0.493 e. The minimum atomic E-state index is 0.138. The van der Waals surface area contributed by atoms with Crippen molar-refractivity contribution in [3.8, 4) is 0 Å². The van der Waals surface area contributed by atoms with E-state index in [1.54, 1.807) is 13.5 Å². The molecule has 3 heteroatoms. The summed E-state index contributed by atoms with van der Waals surface area (Å²) in [4.78, 5) is 3.84. The van der Waals surface area contributed by atoms with Crippen molar-refractivity contribution in [2.45, 2.75) is 20.3 Å². The molecule has 1 heterocycles. The maximum atomic E-state index is 9.16. The minimum absolute atomic E-state index is 0.138. The summed E-state index contributed by atoms with van der Waals surface area (Å²) in [6.07, 6.45) is 0.801. The predicted octanol–water partition coefficient (Wildman–Crippen LogP) is 1.35. The predicted molar refractivity (Wildman–Crippen MR) is 40.5 cm³/mol. The molecule has 1 radical (unpaired) electrons. The Bertz CT molecular complexity index is 194. The van der Waals surface area contributed by atoms with Crippen LogP contribution >= 0.6 is 0 Å². The third-order valence-electron chi connectivity index (χ3n) is 1.40. The molecule has 0 saturated heterocycles. The lowest BCUT2D eigenvalue weighted by Crippen LogP contribution is -2.22. The van der Waals surface area contributed by atoms with Crippen molar-refractivity contribution in [2.75, 3.05) is 0 Å². The van der Waals surface area contributed by atoms with Crippen molar-refractivity contribution in [3.63, 3.8) is 0 Å². The van der Waals surface area contributed by atoms with E-state index in [1.807, 2.05) is 6.92 Å². The lowest BCUT2D eigenvalue weighted by atomic mass is 10.2. The summed E-state index contributed by atoms with van der Waals surface area (Å²) in [7, 11) is 0. The Labute approximate surface area is 60.5 Å². The van der Waals surface area contributed by atoms with Crippen LogP contribution < -0.4 is 5.32 Å². The van der Waals surface area contributed by atoms with Gasteiger partial charge in [0.2, 0.25) is 5.88 Å². The van der Waals surface area contributed by atoms with E-state index in [9.17, 15) is 0 Å². The van der Waals surface area contributed by atoms with Gasteiger partial charge in [-0.15, -0.1) is 0 Å². The van der Waals surface area contributed by atoms with Crippen molar-refractivity contribution >= 4 is 5.84 Å². The summed E-state index contributed by atoms with van der Waals surface area (Å²) in [6, 6.07) is 0. The second kappa shape index (κ2) is 2.73. The molecule has 0 atom stereocenters. The number of rotatable bonds is 1. The molecule has 10 heavy (non-hydrogen) atoms. The number of nitrogens with one attached hydrogen (secondary N) is 1. The van der Waals surface area contributed by atoms with Gasteiger partial charge in [0.1, 0.15) is 5.84 Å². The van der Waals surface area contributed by atoms with Crippen LogP contribution in [-0.4, -0.2) is 10.9 Å². The highest BCUT2D eigenvalue weighted by Crippen LogP contribution is 2.12. The summed E-state index contributed by atoms with van der Waals surface area (Å²) < 4.78 is 0. The first-order valence-corrected chi connectivity index (χ1v) is 3.31. The smallest absolute Gasteiger partial charge is 0.213 e. The SMILES string of the molecule is CCC1=C(O)N=C(C)N[CH]1. The third-order valence-corrected chi connectivity index (χ3v) is 1.40. The van der Waals surface area contributed by atoms with E-state index in [0.717, 1.165) is 17.8 Å². The average molecular weight is 139 g/mol. The Morgan fingerprint density at radius 1 is 1.70 bits per heavy atom. The largest absolute Gasteiger partial charge is 0.493 e. The Balaban J connectivity index is 2.80. The quantitative estimate of drug-likeness (QED) is 0.576. The molecule has 0 aromatic heterocycles. The van der Waals surface area contributed by atoms with Crippen molar-refractivity contribution in [1.82, 2.24) is 5.32 Å². The molecule has 0 amide bonds. The molecule has 0 aromatic rings. The van der Waals surface area contributed by atoms with Crippen molar-refractivity contribution in [2.24, 2.45) is 4.99 Å². The first-order valence-electron chi connectivity index (χ1n) is 3.31. The van der Waals surface area contributed by atoms with Gasteiger partial charge in [-0.3, -0.25) is 0 Å². The van der Waals surface area contributed by atoms with Crippen LogP contribution in [0, 0.1) is 6.54 Å². The summed E-state index contributed by atoms with van der Waals surface area (Å²) >= 11 is 0. The molecular formula is C7H11N2O. The van der Waals surface area contributed by atoms with Gasteiger partial charge in [-0.05, 0) is 13.3 Å². The number of aliphatic imine (C=N–C) groups is 1. The zero-order valence-electron chi connectivity index (χ0n) is 6.18. The van der Waals surface area contributed by atoms with Gasteiger partial charge in [-0.2, -0.15) is 0 Å². The van der Waals surface area contributed by atoms with Crippen molar-refractivity contribution in [1.29, 1.82) is 0 Å². The maximum absolute atomic E-state index is 9.16. The molecule has 0 aromatic carbocycles. The lowest BCUT2D eigenvalue weighted by molar-refractivity contribution is 0.395. The van der Waals surface area contributed by atoms with Crippen LogP contribution in [0.4, 0.5) is 0 Å². The van der Waals surface area contributed by atoms with E-state index in [1.165, 1.54) is 0 Å². The first kappa shape index (κ1) is 7.12. The zero-order chi connectivity index (χ0) is 7.56. The Morgan fingerprint density at radius 2 is 2.40 bits per heavy atom. The summed E-state index contributed by atoms with van der Waals surface area (Å²) in [5.41, 5.74) is 0.852. The van der Waals surface area contributed by atoms with E-state index >= 15 is 0 Å². The third kappa shape index (κ3) is 1.29. The van der Waals surface area contributed by atoms with E-state index in [0.29, 0.717) is 0 Å². The fourth-order valence-electron chi connectivity index (χ4n) is 0.779. The van der Waals surface area contributed by atoms with E-state index in [4.69, 9.17) is 5.11 Å².